The van der Waals surface area contributed by atoms with E-state index in [1.807, 2.05) is 37.3 Å². The molecule has 4 heteroatoms. The van der Waals surface area contributed by atoms with Crippen LogP contribution in [0.4, 0.5) is 5.69 Å². The van der Waals surface area contributed by atoms with Gasteiger partial charge in [0, 0.05) is 18.3 Å². The minimum atomic E-state index is -0.214. The second kappa shape index (κ2) is 6.37. The number of hydrogen-bond donors (Lipinski definition) is 2. The summed E-state index contributed by atoms with van der Waals surface area (Å²) in [6.07, 6.45) is 1.88. The Balaban J connectivity index is 1.85. The van der Waals surface area contributed by atoms with Gasteiger partial charge < -0.3 is 15.4 Å². The highest BCUT2D eigenvalue weighted by atomic mass is 16.5. The average molecular weight is 276 g/mol. The van der Waals surface area contributed by atoms with Crippen LogP contribution in [-0.2, 0) is 9.53 Å². The van der Waals surface area contributed by atoms with Gasteiger partial charge in [0.05, 0.1) is 11.6 Å². The van der Waals surface area contributed by atoms with Crippen molar-refractivity contribution in [2.24, 2.45) is 0 Å². The fourth-order valence-corrected chi connectivity index (χ4v) is 2.58. The number of benzene rings is 1. The molecular weight excluding hydrogens is 252 g/mol. The Hall–Kier alpha value is -1.39. The number of carbonyl (C=O) groups excluding carboxylic acids is 1. The van der Waals surface area contributed by atoms with E-state index in [-0.39, 0.29) is 17.6 Å². The fraction of sp³-hybridized carbons (Fsp3) is 0.562. The summed E-state index contributed by atoms with van der Waals surface area (Å²) in [5, 5.41) is 6.32. The van der Waals surface area contributed by atoms with Crippen LogP contribution in [-0.4, -0.2) is 30.2 Å². The second-order valence-electron chi connectivity index (χ2n) is 6.04. The molecule has 2 unspecified atom stereocenters. The zero-order valence-electron chi connectivity index (χ0n) is 12.5. The fourth-order valence-electron chi connectivity index (χ4n) is 2.58. The van der Waals surface area contributed by atoms with Gasteiger partial charge in [-0.1, -0.05) is 18.2 Å². The summed E-state index contributed by atoms with van der Waals surface area (Å²) in [5.41, 5.74) is 0.726. The lowest BCUT2D eigenvalue weighted by atomic mass is 9.93. The summed E-state index contributed by atoms with van der Waals surface area (Å²) in [7, 11) is 0. The third kappa shape index (κ3) is 4.32. The van der Waals surface area contributed by atoms with Crippen LogP contribution in [0.25, 0.3) is 0 Å². The summed E-state index contributed by atoms with van der Waals surface area (Å²) < 4.78 is 5.69. The lowest BCUT2D eigenvalue weighted by molar-refractivity contribution is -0.118. The van der Waals surface area contributed by atoms with Crippen molar-refractivity contribution in [3.05, 3.63) is 30.3 Å². The Labute approximate surface area is 120 Å². The van der Waals surface area contributed by atoms with Crippen LogP contribution in [0.1, 0.15) is 33.6 Å². The average Bonchev–Trinajstić information content (AvgIpc) is 2.38. The minimum absolute atomic E-state index is 0.000461. The molecule has 1 heterocycles. The highest BCUT2D eigenvalue weighted by Crippen LogP contribution is 2.24. The van der Waals surface area contributed by atoms with Crippen LogP contribution < -0.4 is 10.6 Å². The van der Waals surface area contributed by atoms with Gasteiger partial charge in [0.2, 0.25) is 5.91 Å². The van der Waals surface area contributed by atoms with E-state index in [0.29, 0.717) is 6.04 Å². The van der Waals surface area contributed by atoms with Gasteiger partial charge in [-0.05, 0) is 45.7 Å². The molecule has 20 heavy (non-hydrogen) atoms. The SMILES string of the molecule is CC(NC1CCOC(C)(C)C1)C(=O)Nc1ccccc1. The normalized spacial score (nSPS) is 23.1. The molecule has 2 atom stereocenters. The van der Waals surface area contributed by atoms with E-state index in [4.69, 9.17) is 4.74 Å². The van der Waals surface area contributed by atoms with Crippen LogP contribution in [0, 0.1) is 0 Å². The summed E-state index contributed by atoms with van der Waals surface area (Å²) in [6.45, 7) is 6.84. The third-order valence-electron chi connectivity index (χ3n) is 3.62. The molecule has 1 aliphatic rings. The molecule has 1 saturated heterocycles. The first kappa shape index (κ1) is 15.0. The van der Waals surface area contributed by atoms with Gasteiger partial charge in [-0.2, -0.15) is 0 Å². The van der Waals surface area contributed by atoms with Gasteiger partial charge in [0.15, 0.2) is 0 Å². The monoisotopic (exact) mass is 276 g/mol. The third-order valence-corrected chi connectivity index (χ3v) is 3.62. The van der Waals surface area contributed by atoms with Crippen molar-refractivity contribution in [1.29, 1.82) is 0 Å². The molecule has 0 spiro atoms. The maximum Gasteiger partial charge on any atom is 0.241 e. The first-order valence-corrected chi connectivity index (χ1v) is 7.22. The van der Waals surface area contributed by atoms with Crippen molar-refractivity contribution in [2.45, 2.75) is 51.3 Å². The van der Waals surface area contributed by atoms with Crippen LogP contribution in [0.3, 0.4) is 0 Å². The Morgan fingerprint density at radius 2 is 2.05 bits per heavy atom. The Kier molecular flexibility index (Phi) is 4.78. The lowest BCUT2D eigenvalue weighted by Gasteiger charge is -2.37. The number of ether oxygens (including phenoxy) is 1. The van der Waals surface area contributed by atoms with Gasteiger partial charge in [-0.15, -0.1) is 0 Å². The molecule has 0 aromatic heterocycles. The van der Waals surface area contributed by atoms with Crippen molar-refractivity contribution in [1.82, 2.24) is 5.32 Å². The van der Waals surface area contributed by atoms with Crippen LogP contribution in [0.5, 0.6) is 0 Å². The number of carbonyl (C=O) groups is 1. The Morgan fingerprint density at radius 3 is 2.70 bits per heavy atom. The van der Waals surface area contributed by atoms with Crippen LogP contribution in [0.15, 0.2) is 30.3 Å². The van der Waals surface area contributed by atoms with Crippen molar-refractivity contribution in [3.8, 4) is 0 Å². The molecule has 1 fully saturated rings. The molecule has 2 rings (SSSR count). The predicted octanol–water partition coefficient (Wildman–Crippen LogP) is 2.56. The van der Waals surface area contributed by atoms with Crippen LogP contribution >= 0.6 is 0 Å². The van der Waals surface area contributed by atoms with Gasteiger partial charge >= 0.3 is 0 Å². The molecule has 2 N–H and O–H groups in total. The zero-order valence-corrected chi connectivity index (χ0v) is 12.5. The molecule has 0 aliphatic carbocycles. The maximum absolute atomic E-state index is 12.1. The molecule has 1 aliphatic heterocycles. The minimum Gasteiger partial charge on any atom is -0.375 e. The Bertz CT molecular complexity index is 445. The number of para-hydroxylation sites is 1. The summed E-state index contributed by atoms with van der Waals surface area (Å²) in [5.74, 6) is 0.000461. The van der Waals surface area contributed by atoms with E-state index in [0.717, 1.165) is 25.1 Å². The summed E-state index contributed by atoms with van der Waals surface area (Å²) in [6, 6.07) is 9.65. The molecule has 1 aromatic carbocycles. The number of nitrogens with one attached hydrogen (secondary N) is 2. The van der Waals surface area contributed by atoms with Crippen molar-refractivity contribution in [3.63, 3.8) is 0 Å². The van der Waals surface area contributed by atoms with E-state index < -0.39 is 0 Å². The predicted molar refractivity (Wildman–Crippen MR) is 80.7 cm³/mol. The van der Waals surface area contributed by atoms with Gasteiger partial charge in [-0.25, -0.2) is 0 Å². The smallest absolute Gasteiger partial charge is 0.241 e. The van der Waals surface area contributed by atoms with E-state index in [1.54, 1.807) is 0 Å². The topological polar surface area (TPSA) is 50.4 Å². The van der Waals surface area contributed by atoms with Gasteiger partial charge in [-0.3, -0.25) is 4.79 Å². The molecule has 0 bridgehead atoms. The molecule has 0 radical (unpaired) electrons. The van der Waals surface area contributed by atoms with Gasteiger partial charge in [0.1, 0.15) is 0 Å². The van der Waals surface area contributed by atoms with E-state index >= 15 is 0 Å². The first-order valence-electron chi connectivity index (χ1n) is 7.22. The zero-order chi connectivity index (χ0) is 14.6. The first-order chi connectivity index (χ1) is 9.46. The lowest BCUT2D eigenvalue weighted by Crippen LogP contribution is -2.49. The van der Waals surface area contributed by atoms with E-state index in [1.165, 1.54) is 0 Å². The molecular formula is C16H24N2O2. The largest absolute Gasteiger partial charge is 0.375 e. The van der Waals surface area contributed by atoms with Crippen molar-refractivity contribution in [2.75, 3.05) is 11.9 Å². The summed E-state index contributed by atoms with van der Waals surface area (Å²) >= 11 is 0. The van der Waals surface area contributed by atoms with Crippen LogP contribution in [0.2, 0.25) is 0 Å². The number of anilines is 1. The molecule has 0 saturated carbocycles. The van der Waals surface area contributed by atoms with Crippen molar-refractivity contribution < 1.29 is 9.53 Å². The quantitative estimate of drug-likeness (QED) is 0.888. The van der Waals surface area contributed by atoms with Gasteiger partial charge in [0.25, 0.3) is 0 Å². The summed E-state index contributed by atoms with van der Waals surface area (Å²) in [4.78, 5) is 12.1. The Morgan fingerprint density at radius 1 is 1.35 bits per heavy atom. The number of rotatable bonds is 4. The molecule has 110 valence electrons. The number of hydrogen-bond acceptors (Lipinski definition) is 3. The maximum atomic E-state index is 12.1. The molecule has 1 aromatic rings. The van der Waals surface area contributed by atoms with Crippen molar-refractivity contribution >= 4 is 11.6 Å². The number of amides is 1. The molecule has 1 amide bonds. The molecule has 4 nitrogen and oxygen atoms in total. The highest BCUT2D eigenvalue weighted by Gasteiger charge is 2.30. The van der Waals surface area contributed by atoms with E-state index in [9.17, 15) is 4.79 Å². The second-order valence-corrected chi connectivity index (χ2v) is 6.04. The van der Waals surface area contributed by atoms with E-state index in [2.05, 4.69) is 24.5 Å². The highest BCUT2D eigenvalue weighted by molar-refractivity contribution is 5.94. The standard InChI is InChI=1S/C16H24N2O2/c1-12(15(19)18-13-7-5-4-6-8-13)17-14-9-10-20-16(2,3)11-14/h4-8,12,14,17H,9-11H2,1-3H3,(H,18,19).